The molecule has 3 nitrogen and oxygen atoms in total. The van der Waals surface area contributed by atoms with Crippen LogP contribution in [0.1, 0.15) is 40.7 Å². The van der Waals surface area contributed by atoms with Crippen LogP contribution in [-0.4, -0.2) is 16.0 Å². The minimum Gasteiger partial charge on any atom is -0.508 e. The predicted octanol–water partition coefficient (Wildman–Crippen LogP) is 4.00. The SMILES string of the molecule is Cc1ccccc1C(=O)CCCCc1c(O)cccc1O. The molecule has 21 heavy (non-hydrogen) atoms. The van der Waals surface area contributed by atoms with Crippen LogP contribution in [0.15, 0.2) is 42.5 Å². The maximum absolute atomic E-state index is 12.1. The van der Waals surface area contributed by atoms with Crippen molar-refractivity contribution < 1.29 is 15.0 Å². The number of aromatic hydroxyl groups is 2. The van der Waals surface area contributed by atoms with Crippen LogP contribution >= 0.6 is 0 Å². The molecule has 0 fully saturated rings. The molecular weight excluding hydrogens is 264 g/mol. The van der Waals surface area contributed by atoms with E-state index in [1.165, 1.54) is 0 Å². The first-order chi connectivity index (χ1) is 10.1. The van der Waals surface area contributed by atoms with Crippen molar-refractivity contribution in [2.75, 3.05) is 0 Å². The van der Waals surface area contributed by atoms with Gasteiger partial charge in [-0.25, -0.2) is 0 Å². The number of Topliss-reactive ketones (excluding diaryl/α,β-unsaturated/α-hetero) is 1. The summed E-state index contributed by atoms with van der Waals surface area (Å²) >= 11 is 0. The quantitative estimate of drug-likeness (QED) is 0.622. The van der Waals surface area contributed by atoms with Gasteiger partial charge in [-0.3, -0.25) is 4.79 Å². The molecule has 0 unspecified atom stereocenters. The molecule has 0 aliphatic rings. The number of aryl methyl sites for hydroxylation is 1. The summed E-state index contributed by atoms with van der Waals surface area (Å²) in [7, 11) is 0. The Kier molecular flexibility index (Phi) is 4.99. The first-order valence-corrected chi connectivity index (χ1v) is 7.18. The van der Waals surface area contributed by atoms with E-state index in [0.717, 1.165) is 24.0 Å². The fourth-order valence-electron chi connectivity index (χ4n) is 2.43. The Morgan fingerprint density at radius 2 is 1.62 bits per heavy atom. The van der Waals surface area contributed by atoms with Crippen LogP contribution in [0.5, 0.6) is 11.5 Å². The Bertz CT molecular complexity index is 612. The van der Waals surface area contributed by atoms with E-state index in [9.17, 15) is 15.0 Å². The number of phenols is 2. The van der Waals surface area contributed by atoms with Gasteiger partial charge in [-0.15, -0.1) is 0 Å². The zero-order valence-corrected chi connectivity index (χ0v) is 12.2. The minimum atomic E-state index is 0.111. The second-order valence-electron chi connectivity index (χ2n) is 5.22. The highest BCUT2D eigenvalue weighted by atomic mass is 16.3. The van der Waals surface area contributed by atoms with Gasteiger partial charge in [-0.05, 0) is 43.9 Å². The third-order valence-electron chi connectivity index (χ3n) is 3.65. The van der Waals surface area contributed by atoms with Crippen molar-refractivity contribution in [1.29, 1.82) is 0 Å². The highest BCUT2D eigenvalue weighted by Crippen LogP contribution is 2.28. The van der Waals surface area contributed by atoms with Crippen molar-refractivity contribution in [3.63, 3.8) is 0 Å². The zero-order chi connectivity index (χ0) is 15.2. The molecule has 0 spiro atoms. The maximum atomic E-state index is 12.1. The molecule has 0 radical (unpaired) electrons. The molecule has 0 aliphatic heterocycles. The number of carbonyl (C=O) groups is 1. The molecule has 110 valence electrons. The van der Waals surface area contributed by atoms with Crippen LogP contribution in [-0.2, 0) is 6.42 Å². The van der Waals surface area contributed by atoms with Gasteiger partial charge in [-0.1, -0.05) is 30.3 Å². The Morgan fingerprint density at radius 3 is 2.29 bits per heavy atom. The molecule has 0 heterocycles. The summed E-state index contributed by atoms with van der Waals surface area (Å²) in [6, 6.07) is 12.3. The molecule has 0 saturated carbocycles. The van der Waals surface area contributed by atoms with E-state index in [2.05, 4.69) is 0 Å². The van der Waals surface area contributed by atoms with E-state index >= 15 is 0 Å². The summed E-state index contributed by atoms with van der Waals surface area (Å²) in [6.45, 7) is 1.94. The van der Waals surface area contributed by atoms with Crippen LogP contribution in [0.3, 0.4) is 0 Å². The second kappa shape index (κ2) is 6.93. The summed E-state index contributed by atoms with van der Waals surface area (Å²) in [5.74, 6) is 0.370. The van der Waals surface area contributed by atoms with Gasteiger partial charge in [0, 0.05) is 17.5 Å². The summed E-state index contributed by atoms with van der Waals surface area (Å²) in [5, 5.41) is 19.4. The standard InChI is InChI=1S/C18H20O3/c1-13-7-2-3-8-14(13)16(19)10-5-4-9-15-17(20)11-6-12-18(15)21/h2-3,6-8,11-12,20-21H,4-5,9-10H2,1H3. The number of benzene rings is 2. The number of ketones is 1. The molecule has 0 amide bonds. The number of rotatable bonds is 6. The normalized spacial score (nSPS) is 10.5. The van der Waals surface area contributed by atoms with Crippen LogP contribution in [0.4, 0.5) is 0 Å². The van der Waals surface area contributed by atoms with Crippen molar-refractivity contribution in [2.45, 2.75) is 32.6 Å². The van der Waals surface area contributed by atoms with Gasteiger partial charge in [0.2, 0.25) is 0 Å². The highest BCUT2D eigenvalue weighted by molar-refractivity contribution is 5.97. The summed E-state index contributed by atoms with van der Waals surface area (Å²) in [5.41, 5.74) is 2.34. The summed E-state index contributed by atoms with van der Waals surface area (Å²) < 4.78 is 0. The fraction of sp³-hybridized carbons (Fsp3) is 0.278. The van der Waals surface area contributed by atoms with E-state index in [-0.39, 0.29) is 17.3 Å². The Balaban J connectivity index is 1.85. The Labute approximate surface area is 124 Å². The third-order valence-corrected chi connectivity index (χ3v) is 3.65. The molecule has 2 rings (SSSR count). The van der Waals surface area contributed by atoms with Crippen LogP contribution in [0.25, 0.3) is 0 Å². The Morgan fingerprint density at radius 1 is 0.952 bits per heavy atom. The van der Waals surface area contributed by atoms with Crippen molar-refractivity contribution in [3.05, 3.63) is 59.2 Å². The third kappa shape index (κ3) is 3.85. The molecule has 0 atom stereocenters. The van der Waals surface area contributed by atoms with Gasteiger partial charge >= 0.3 is 0 Å². The van der Waals surface area contributed by atoms with E-state index in [1.807, 2.05) is 31.2 Å². The fourth-order valence-corrected chi connectivity index (χ4v) is 2.43. The van der Waals surface area contributed by atoms with Gasteiger partial charge in [0.1, 0.15) is 11.5 Å². The molecule has 0 saturated heterocycles. The molecule has 3 heteroatoms. The maximum Gasteiger partial charge on any atom is 0.163 e. The van der Waals surface area contributed by atoms with Crippen molar-refractivity contribution >= 4 is 5.78 Å². The lowest BCUT2D eigenvalue weighted by Gasteiger charge is -2.07. The van der Waals surface area contributed by atoms with Gasteiger partial charge in [0.05, 0.1) is 0 Å². The Hall–Kier alpha value is -2.29. The largest absolute Gasteiger partial charge is 0.508 e. The number of phenolic OH excluding ortho intramolecular Hbond substituents is 2. The van der Waals surface area contributed by atoms with Crippen molar-refractivity contribution in [2.24, 2.45) is 0 Å². The summed E-state index contributed by atoms with van der Waals surface area (Å²) in [6.07, 6.45) is 2.54. The van der Waals surface area contributed by atoms with E-state index < -0.39 is 0 Å². The average Bonchev–Trinajstić information content (AvgIpc) is 2.46. The smallest absolute Gasteiger partial charge is 0.163 e. The lowest BCUT2D eigenvalue weighted by molar-refractivity contribution is 0.0979. The van der Waals surface area contributed by atoms with Gasteiger partial charge in [0.25, 0.3) is 0 Å². The van der Waals surface area contributed by atoms with E-state index in [0.29, 0.717) is 18.4 Å². The molecule has 2 aromatic carbocycles. The minimum absolute atomic E-state index is 0.111. The van der Waals surface area contributed by atoms with Gasteiger partial charge in [-0.2, -0.15) is 0 Å². The van der Waals surface area contributed by atoms with Gasteiger partial charge < -0.3 is 10.2 Å². The number of hydrogen-bond donors (Lipinski definition) is 2. The molecule has 0 aliphatic carbocycles. The highest BCUT2D eigenvalue weighted by Gasteiger charge is 2.10. The average molecular weight is 284 g/mol. The number of hydrogen-bond acceptors (Lipinski definition) is 3. The first kappa shape index (κ1) is 15.1. The molecule has 0 bridgehead atoms. The summed E-state index contributed by atoms with van der Waals surface area (Å²) in [4.78, 5) is 12.1. The van der Waals surface area contributed by atoms with Crippen LogP contribution < -0.4 is 0 Å². The van der Waals surface area contributed by atoms with Crippen LogP contribution in [0, 0.1) is 6.92 Å². The lowest BCUT2D eigenvalue weighted by atomic mass is 9.99. The van der Waals surface area contributed by atoms with E-state index in [1.54, 1.807) is 18.2 Å². The predicted molar refractivity (Wildman–Crippen MR) is 82.8 cm³/mol. The molecule has 2 aromatic rings. The number of unbranched alkanes of at least 4 members (excludes halogenated alkanes) is 1. The number of carbonyl (C=O) groups excluding carboxylic acids is 1. The molecule has 2 N–H and O–H groups in total. The molecule has 0 aromatic heterocycles. The second-order valence-corrected chi connectivity index (χ2v) is 5.22. The van der Waals surface area contributed by atoms with Crippen molar-refractivity contribution in [3.8, 4) is 11.5 Å². The zero-order valence-electron chi connectivity index (χ0n) is 12.2. The van der Waals surface area contributed by atoms with Crippen LogP contribution in [0.2, 0.25) is 0 Å². The molecular formula is C18H20O3. The topological polar surface area (TPSA) is 57.5 Å². The lowest BCUT2D eigenvalue weighted by Crippen LogP contribution is -2.01. The van der Waals surface area contributed by atoms with E-state index in [4.69, 9.17) is 0 Å². The first-order valence-electron chi connectivity index (χ1n) is 7.18. The van der Waals surface area contributed by atoms with Gasteiger partial charge in [0.15, 0.2) is 5.78 Å². The van der Waals surface area contributed by atoms with Crippen molar-refractivity contribution in [1.82, 2.24) is 0 Å². The monoisotopic (exact) mass is 284 g/mol.